The van der Waals surface area contributed by atoms with Gasteiger partial charge in [-0.3, -0.25) is 4.98 Å². The summed E-state index contributed by atoms with van der Waals surface area (Å²) in [6.45, 7) is 3.12. The molecule has 2 heterocycles. The molecule has 1 saturated heterocycles. The van der Waals surface area contributed by atoms with E-state index in [0.717, 1.165) is 30.5 Å². The number of nitrogens with zero attached hydrogens (tertiary/aromatic N) is 2. The molecule has 1 aliphatic heterocycles. The molecular weight excluding hydrogens is 276 g/mol. The molecular formula is C18H20N2O2. The van der Waals surface area contributed by atoms with Crippen molar-refractivity contribution in [2.24, 2.45) is 0 Å². The maximum Gasteiger partial charge on any atom is 0.410 e. The SMILES string of the molecule is Cc1ccncc1[C@H]1CCCN1C(=O)OCc1ccccc1. The highest BCUT2D eigenvalue weighted by Gasteiger charge is 2.32. The van der Waals surface area contributed by atoms with Crippen LogP contribution in [0.5, 0.6) is 0 Å². The van der Waals surface area contributed by atoms with Crippen molar-refractivity contribution in [1.82, 2.24) is 9.88 Å². The molecule has 4 nitrogen and oxygen atoms in total. The van der Waals surface area contributed by atoms with Gasteiger partial charge in [-0.1, -0.05) is 30.3 Å². The van der Waals surface area contributed by atoms with Gasteiger partial charge >= 0.3 is 6.09 Å². The maximum absolute atomic E-state index is 12.4. The predicted octanol–water partition coefficient (Wildman–Crippen LogP) is 3.86. The fourth-order valence-corrected chi connectivity index (χ4v) is 2.94. The Balaban J connectivity index is 1.68. The zero-order chi connectivity index (χ0) is 15.4. The van der Waals surface area contributed by atoms with Crippen LogP contribution in [-0.4, -0.2) is 22.5 Å². The van der Waals surface area contributed by atoms with E-state index in [4.69, 9.17) is 4.74 Å². The minimum Gasteiger partial charge on any atom is -0.445 e. The van der Waals surface area contributed by atoms with Gasteiger partial charge in [0.05, 0.1) is 6.04 Å². The van der Waals surface area contributed by atoms with Crippen LogP contribution in [0, 0.1) is 6.92 Å². The van der Waals surface area contributed by atoms with Crippen LogP contribution in [0.4, 0.5) is 4.79 Å². The number of carbonyl (C=O) groups is 1. The van der Waals surface area contributed by atoms with Crippen LogP contribution in [0.2, 0.25) is 0 Å². The van der Waals surface area contributed by atoms with E-state index >= 15 is 0 Å². The molecule has 1 atom stereocenters. The lowest BCUT2D eigenvalue weighted by Crippen LogP contribution is -2.31. The molecule has 1 aliphatic rings. The Morgan fingerprint density at radius 3 is 2.91 bits per heavy atom. The highest BCUT2D eigenvalue weighted by Crippen LogP contribution is 2.33. The number of likely N-dealkylation sites (tertiary alicyclic amines) is 1. The average molecular weight is 296 g/mol. The van der Waals surface area contributed by atoms with E-state index in [-0.39, 0.29) is 12.1 Å². The molecule has 0 radical (unpaired) electrons. The Kier molecular flexibility index (Phi) is 4.37. The first-order valence-corrected chi connectivity index (χ1v) is 7.63. The van der Waals surface area contributed by atoms with E-state index in [1.54, 1.807) is 6.20 Å². The van der Waals surface area contributed by atoms with Gasteiger partial charge in [0.2, 0.25) is 0 Å². The lowest BCUT2D eigenvalue weighted by molar-refractivity contribution is 0.0919. The summed E-state index contributed by atoms with van der Waals surface area (Å²) < 4.78 is 5.47. The Bertz CT molecular complexity index is 643. The fourth-order valence-electron chi connectivity index (χ4n) is 2.94. The van der Waals surface area contributed by atoms with Gasteiger partial charge in [0.25, 0.3) is 0 Å². The van der Waals surface area contributed by atoms with Gasteiger partial charge in [-0.15, -0.1) is 0 Å². The number of hydrogen-bond acceptors (Lipinski definition) is 3. The van der Waals surface area contributed by atoms with Crippen LogP contribution < -0.4 is 0 Å². The molecule has 1 aromatic carbocycles. The highest BCUT2D eigenvalue weighted by molar-refractivity contribution is 5.69. The number of aromatic nitrogens is 1. The lowest BCUT2D eigenvalue weighted by Gasteiger charge is -2.25. The molecule has 114 valence electrons. The van der Waals surface area contributed by atoms with Gasteiger partial charge in [0.15, 0.2) is 0 Å². The Hall–Kier alpha value is -2.36. The van der Waals surface area contributed by atoms with E-state index in [9.17, 15) is 4.79 Å². The maximum atomic E-state index is 12.4. The van der Waals surface area contributed by atoms with E-state index < -0.39 is 0 Å². The third-order valence-corrected chi connectivity index (χ3v) is 4.13. The van der Waals surface area contributed by atoms with Gasteiger partial charge in [-0.2, -0.15) is 0 Å². The smallest absolute Gasteiger partial charge is 0.410 e. The molecule has 0 unspecified atom stereocenters. The van der Waals surface area contributed by atoms with Crippen molar-refractivity contribution in [3.05, 3.63) is 65.5 Å². The number of amides is 1. The molecule has 1 amide bonds. The van der Waals surface area contributed by atoms with Crippen LogP contribution in [0.1, 0.15) is 35.6 Å². The third-order valence-electron chi connectivity index (χ3n) is 4.13. The van der Waals surface area contributed by atoms with E-state index in [2.05, 4.69) is 11.9 Å². The van der Waals surface area contributed by atoms with E-state index in [1.807, 2.05) is 47.5 Å². The van der Waals surface area contributed by atoms with Crippen LogP contribution >= 0.6 is 0 Å². The second-order valence-corrected chi connectivity index (χ2v) is 5.62. The van der Waals surface area contributed by atoms with Crippen molar-refractivity contribution < 1.29 is 9.53 Å². The summed E-state index contributed by atoms with van der Waals surface area (Å²) in [5, 5.41) is 0. The van der Waals surface area contributed by atoms with Gasteiger partial charge < -0.3 is 9.64 Å². The summed E-state index contributed by atoms with van der Waals surface area (Å²) >= 11 is 0. The number of pyridine rings is 1. The Labute approximate surface area is 130 Å². The number of carbonyl (C=O) groups excluding carboxylic acids is 1. The topological polar surface area (TPSA) is 42.4 Å². The summed E-state index contributed by atoms with van der Waals surface area (Å²) in [5.41, 5.74) is 3.29. The third kappa shape index (κ3) is 3.11. The molecule has 0 aliphatic carbocycles. The van der Waals surface area contributed by atoms with E-state index in [1.165, 1.54) is 5.56 Å². The fraction of sp³-hybridized carbons (Fsp3) is 0.333. The van der Waals surface area contributed by atoms with Gasteiger partial charge in [-0.25, -0.2) is 4.79 Å². The molecule has 2 aromatic rings. The predicted molar refractivity (Wildman–Crippen MR) is 84.3 cm³/mol. The lowest BCUT2D eigenvalue weighted by atomic mass is 10.0. The normalized spacial score (nSPS) is 17.5. The van der Waals surface area contributed by atoms with Crippen molar-refractivity contribution in [3.8, 4) is 0 Å². The number of benzene rings is 1. The molecule has 0 bridgehead atoms. The first kappa shape index (κ1) is 14.6. The average Bonchev–Trinajstić information content (AvgIpc) is 3.03. The molecule has 22 heavy (non-hydrogen) atoms. The quantitative estimate of drug-likeness (QED) is 0.863. The monoisotopic (exact) mass is 296 g/mol. The van der Waals surface area contributed by atoms with Crippen molar-refractivity contribution in [2.75, 3.05) is 6.54 Å². The van der Waals surface area contributed by atoms with Gasteiger partial charge in [0.1, 0.15) is 6.61 Å². The molecule has 0 N–H and O–H groups in total. The van der Waals surface area contributed by atoms with Crippen molar-refractivity contribution >= 4 is 6.09 Å². The zero-order valence-corrected chi connectivity index (χ0v) is 12.7. The number of aryl methyl sites for hydroxylation is 1. The van der Waals surface area contributed by atoms with E-state index in [0.29, 0.717) is 6.61 Å². The number of ether oxygens (including phenoxy) is 1. The summed E-state index contributed by atoms with van der Waals surface area (Å²) in [6, 6.07) is 11.8. The minimum absolute atomic E-state index is 0.0805. The van der Waals surface area contributed by atoms with Crippen molar-refractivity contribution in [3.63, 3.8) is 0 Å². The summed E-state index contributed by atoms with van der Waals surface area (Å²) in [4.78, 5) is 18.4. The first-order valence-electron chi connectivity index (χ1n) is 7.63. The summed E-state index contributed by atoms with van der Waals surface area (Å²) in [6.07, 6.45) is 5.37. The molecule has 3 rings (SSSR count). The second-order valence-electron chi connectivity index (χ2n) is 5.62. The zero-order valence-electron chi connectivity index (χ0n) is 12.7. The van der Waals surface area contributed by atoms with Crippen LogP contribution in [0.25, 0.3) is 0 Å². The highest BCUT2D eigenvalue weighted by atomic mass is 16.6. The van der Waals surface area contributed by atoms with Crippen LogP contribution in [-0.2, 0) is 11.3 Å². The van der Waals surface area contributed by atoms with Crippen molar-refractivity contribution in [2.45, 2.75) is 32.4 Å². The summed E-state index contributed by atoms with van der Waals surface area (Å²) in [7, 11) is 0. The Morgan fingerprint density at radius 2 is 2.14 bits per heavy atom. The largest absolute Gasteiger partial charge is 0.445 e. The van der Waals surface area contributed by atoms with Crippen LogP contribution in [0.3, 0.4) is 0 Å². The van der Waals surface area contributed by atoms with Crippen LogP contribution in [0.15, 0.2) is 48.8 Å². The minimum atomic E-state index is -0.241. The second kappa shape index (κ2) is 6.60. The van der Waals surface area contributed by atoms with Gasteiger partial charge in [-0.05, 0) is 42.5 Å². The van der Waals surface area contributed by atoms with Crippen molar-refractivity contribution in [1.29, 1.82) is 0 Å². The molecule has 4 heteroatoms. The Morgan fingerprint density at radius 1 is 1.32 bits per heavy atom. The summed E-state index contributed by atoms with van der Waals surface area (Å²) in [5.74, 6) is 0. The molecule has 1 fully saturated rings. The standard InChI is InChI=1S/C18H20N2O2/c1-14-9-10-19-12-16(14)17-8-5-11-20(17)18(21)22-13-15-6-3-2-4-7-15/h2-4,6-7,9-10,12,17H,5,8,11,13H2,1H3/t17-/m1/s1. The molecule has 0 spiro atoms. The molecule has 0 saturated carbocycles. The van der Waals surface area contributed by atoms with Gasteiger partial charge in [0, 0.05) is 18.9 Å². The number of hydrogen-bond donors (Lipinski definition) is 0. The number of rotatable bonds is 3. The molecule has 1 aromatic heterocycles. The first-order chi connectivity index (χ1) is 10.8.